The Morgan fingerprint density at radius 3 is 2.80 bits per heavy atom. The Kier molecular flexibility index (Phi) is 2.42. The van der Waals surface area contributed by atoms with Crippen LogP contribution in [0.15, 0.2) is 18.2 Å². The van der Waals surface area contributed by atoms with Crippen LogP contribution in [-0.4, -0.2) is 29.2 Å². The molecule has 1 aromatic rings. The van der Waals surface area contributed by atoms with Crippen LogP contribution >= 0.6 is 0 Å². The third-order valence-electron chi connectivity index (χ3n) is 2.32. The highest BCUT2D eigenvalue weighted by atomic mass is 16.6. The van der Waals surface area contributed by atoms with Crippen LogP contribution in [-0.2, 0) is 0 Å². The minimum absolute atomic E-state index is 0.0955. The van der Waals surface area contributed by atoms with E-state index < -0.39 is 4.92 Å². The highest BCUT2D eigenvalue weighted by molar-refractivity contribution is 5.64. The average molecular weight is 209 g/mol. The second-order valence-electron chi connectivity index (χ2n) is 3.46. The molecular weight excluding hydrogens is 198 g/mol. The van der Waals surface area contributed by atoms with Crippen LogP contribution in [0.5, 0.6) is 5.75 Å². The van der Waals surface area contributed by atoms with Crippen molar-refractivity contribution in [2.45, 2.75) is 6.04 Å². The molecule has 0 unspecified atom stereocenters. The number of anilines is 1. The normalized spacial score (nSPS) is 15.7. The summed E-state index contributed by atoms with van der Waals surface area (Å²) in [7, 11) is 0. The van der Waals surface area contributed by atoms with E-state index in [9.17, 15) is 10.1 Å². The van der Waals surface area contributed by atoms with Gasteiger partial charge in [-0.2, -0.15) is 0 Å². The van der Waals surface area contributed by atoms with Gasteiger partial charge in [-0.15, -0.1) is 0 Å². The first kappa shape index (κ1) is 9.72. The third kappa shape index (κ3) is 1.99. The number of nitro groups is 1. The molecule has 0 aromatic heterocycles. The first-order valence-corrected chi connectivity index (χ1v) is 4.61. The minimum atomic E-state index is -0.506. The van der Waals surface area contributed by atoms with Crippen molar-refractivity contribution in [2.24, 2.45) is 0 Å². The van der Waals surface area contributed by atoms with Crippen molar-refractivity contribution in [3.63, 3.8) is 0 Å². The van der Waals surface area contributed by atoms with Gasteiger partial charge in [0.15, 0.2) is 0 Å². The summed E-state index contributed by atoms with van der Waals surface area (Å²) in [5.41, 5.74) is 0.353. The van der Waals surface area contributed by atoms with Gasteiger partial charge in [0.05, 0.1) is 17.0 Å². The molecule has 0 saturated carbocycles. The van der Waals surface area contributed by atoms with Crippen LogP contribution in [0.1, 0.15) is 0 Å². The lowest BCUT2D eigenvalue weighted by atomic mass is 10.1. The van der Waals surface area contributed by atoms with Crippen LogP contribution in [0.4, 0.5) is 11.4 Å². The topological polar surface area (TPSA) is 87.4 Å². The molecule has 0 amide bonds. The van der Waals surface area contributed by atoms with Crippen molar-refractivity contribution in [2.75, 3.05) is 18.4 Å². The van der Waals surface area contributed by atoms with E-state index >= 15 is 0 Å². The molecule has 1 saturated heterocycles. The summed E-state index contributed by atoms with van der Waals surface area (Å²) in [5.74, 6) is -0.0982. The smallest absolute Gasteiger partial charge is 0.296 e. The second kappa shape index (κ2) is 3.74. The van der Waals surface area contributed by atoms with Crippen LogP contribution in [0, 0.1) is 10.1 Å². The van der Waals surface area contributed by atoms with Gasteiger partial charge in [-0.05, 0) is 12.1 Å². The number of hydrogen-bond donors (Lipinski definition) is 3. The maximum atomic E-state index is 10.7. The molecule has 0 bridgehead atoms. The van der Waals surface area contributed by atoms with Gasteiger partial charge in [0.1, 0.15) is 11.4 Å². The molecule has 2 rings (SSSR count). The lowest BCUT2D eigenvalue weighted by Crippen LogP contribution is -2.51. The van der Waals surface area contributed by atoms with E-state index in [1.54, 1.807) is 0 Å². The van der Waals surface area contributed by atoms with Crippen LogP contribution in [0.2, 0.25) is 0 Å². The molecule has 80 valence electrons. The number of nitrogens with zero attached hydrogens (tertiary/aromatic N) is 1. The molecular formula is C9H11N3O3. The Bertz CT molecular complexity index is 390. The fraction of sp³-hybridized carbons (Fsp3) is 0.333. The maximum absolute atomic E-state index is 10.7. The average Bonchev–Trinajstić information content (AvgIpc) is 2.12. The molecule has 0 atom stereocenters. The van der Waals surface area contributed by atoms with E-state index in [2.05, 4.69) is 10.6 Å². The predicted molar refractivity (Wildman–Crippen MR) is 55.0 cm³/mol. The fourth-order valence-electron chi connectivity index (χ4n) is 1.40. The molecule has 6 heteroatoms. The summed E-state index contributed by atoms with van der Waals surface area (Å²) >= 11 is 0. The summed E-state index contributed by atoms with van der Waals surface area (Å²) < 4.78 is 0. The number of phenols is 1. The quantitative estimate of drug-likeness (QED) is 0.387. The van der Waals surface area contributed by atoms with Gasteiger partial charge in [0.2, 0.25) is 0 Å². The first-order chi connectivity index (χ1) is 7.16. The Labute approximate surface area is 86.1 Å². The van der Waals surface area contributed by atoms with Crippen molar-refractivity contribution in [1.82, 2.24) is 5.32 Å². The minimum Gasteiger partial charge on any atom is -0.508 e. The number of phenolic OH excluding ortho intramolecular Hbond substituents is 1. The van der Waals surface area contributed by atoms with E-state index in [-0.39, 0.29) is 17.5 Å². The molecule has 0 spiro atoms. The van der Waals surface area contributed by atoms with Crippen LogP contribution < -0.4 is 10.6 Å². The molecule has 1 aliphatic rings. The molecule has 0 aliphatic carbocycles. The number of rotatable bonds is 3. The molecule has 15 heavy (non-hydrogen) atoms. The summed E-state index contributed by atoms with van der Waals surface area (Å²) in [6.45, 7) is 1.61. The van der Waals surface area contributed by atoms with Crippen molar-refractivity contribution in [3.8, 4) is 5.75 Å². The van der Waals surface area contributed by atoms with Gasteiger partial charge in [-0.1, -0.05) is 0 Å². The molecule has 6 nitrogen and oxygen atoms in total. The first-order valence-electron chi connectivity index (χ1n) is 4.61. The summed E-state index contributed by atoms with van der Waals surface area (Å²) in [5, 5.41) is 25.9. The van der Waals surface area contributed by atoms with E-state index in [4.69, 9.17) is 5.11 Å². The number of nitro benzene ring substituents is 1. The monoisotopic (exact) mass is 209 g/mol. The lowest BCUT2D eigenvalue weighted by molar-refractivity contribution is -0.384. The van der Waals surface area contributed by atoms with Crippen LogP contribution in [0.25, 0.3) is 0 Å². The standard InChI is InChI=1S/C9H11N3O3/c13-7-1-2-8(9(3-7)12(14)15)11-6-4-10-5-6/h1-3,6,10-11,13H,4-5H2. The number of aromatic hydroxyl groups is 1. The fourth-order valence-corrected chi connectivity index (χ4v) is 1.40. The number of hydrogen-bond acceptors (Lipinski definition) is 5. The Morgan fingerprint density at radius 1 is 1.53 bits per heavy atom. The van der Waals surface area contributed by atoms with E-state index in [1.165, 1.54) is 12.1 Å². The number of nitrogens with one attached hydrogen (secondary N) is 2. The Balaban J connectivity index is 2.23. The van der Waals surface area contributed by atoms with E-state index in [0.717, 1.165) is 19.2 Å². The van der Waals surface area contributed by atoms with Crippen molar-refractivity contribution in [1.29, 1.82) is 0 Å². The predicted octanol–water partition coefficient (Wildman–Crippen LogP) is 0.684. The zero-order chi connectivity index (χ0) is 10.8. The zero-order valence-corrected chi connectivity index (χ0v) is 7.93. The number of benzene rings is 1. The molecule has 1 fully saturated rings. The van der Waals surface area contributed by atoms with Crippen molar-refractivity contribution in [3.05, 3.63) is 28.3 Å². The highest BCUT2D eigenvalue weighted by Gasteiger charge is 2.21. The van der Waals surface area contributed by atoms with Gasteiger partial charge in [0, 0.05) is 13.1 Å². The highest BCUT2D eigenvalue weighted by Crippen LogP contribution is 2.29. The third-order valence-corrected chi connectivity index (χ3v) is 2.32. The molecule has 1 heterocycles. The molecule has 0 radical (unpaired) electrons. The second-order valence-corrected chi connectivity index (χ2v) is 3.46. The van der Waals surface area contributed by atoms with Gasteiger partial charge >= 0.3 is 0 Å². The van der Waals surface area contributed by atoms with Gasteiger partial charge in [-0.3, -0.25) is 10.1 Å². The summed E-state index contributed by atoms with van der Waals surface area (Å²) in [6, 6.07) is 4.33. The van der Waals surface area contributed by atoms with Crippen molar-refractivity contribution >= 4 is 11.4 Å². The SMILES string of the molecule is O=[N+]([O-])c1cc(O)ccc1NC1CNC1. The van der Waals surface area contributed by atoms with Crippen LogP contribution in [0.3, 0.4) is 0 Å². The van der Waals surface area contributed by atoms with Crippen molar-refractivity contribution < 1.29 is 10.0 Å². The molecule has 1 aromatic carbocycles. The largest absolute Gasteiger partial charge is 0.508 e. The van der Waals surface area contributed by atoms with Gasteiger partial charge in [0.25, 0.3) is 5.69 Å². The Morgan fingerprint density at radius 2 is 2.27 bits per heavy atom. The molecule has 3 N–H and O–H groups in total. The lowest BCUT2D eigenvalue weighted by Gasteiger charge is -2.28. The summed E-state index contributed by atoms with van der Waals surface area (Å²) in [4.78, 5) is 10.2. The zero-order valence-electron chi connectivity index (χ0n) is 7.93. The molecule has 1 aliphatic heterocycles. The summed E-state index contributed by atoms with van der Waals surface area (Å²) in [6.07, 6.45) is 0. The van der Waals surface area contributed by atoms with E-state index in [1.807, 2.05) is 0 Å². The van der Waals surface area contributed by atoms with Gasteiger partial charge < -0.3 is 15.7 Å². The van der Waals surface area contributed by atoms with Gasteiger partial charge in [-0.25, -0.2) is 0 Å². The maximum Gasteiger partial charge on any atom is 0.296 e. The van der Waals surface area contributed by atoms with E-state index in [0.29, 0.717) is 5.69 Å². The Hall–Kier alpha value is -1.82.